The fraction of sp³-hybridized carbons (Fsp3) is 0.200. The van der Waals surface area contributed by atoms with E-state index in [4.69, 9.17) is 0 Å². The second-order valence-electron chi connectivity index (χ2n) is 8.26. The van der Waals surface area contributed by atoms with E-state index in [0.29, 0.717) is 5.25 Å². The minimum Gasteiger partial charge on any atom is -0.199 e. The third-order valence-corrected chi connectivity index (χ3v) is 11.9. The normalized spacial score (nSPS) is 28.1. The zero-order valence-electron chi connectivity index (χ0n) is 16.9. The molecule has 4 aliphatic rings. The summed E-state index contributed by atoms with van der Waals surface area (Å²) >= 11 is 1.84. The predicted molar refractivity (Wildman–Crippen MR) is 129 cm³/mol. The van der Waals surface area contributed by atoms with E-state index in [1.54, 1.807) is 12.1 Å². The van der Waals surface area contributed by atoms with E-state index in [1.807, 2.05) is 36.2 Å². The maximum absolute atomic E-state index is 13.2. The van der Waals surface area contributed by atoms with Gasteiger partial charge in [-0.15, -0.1) is 15.5 Å². The van der Waals surface area contributed by atoms with E-state index >= 15 is 0 Å². The SMILES string of the molecule is Cc1ccc(S(=O)(=O)/N=S2\C=CSC3C4c5ccccc5C(c5ccccc54)C32)cc1. The Kier molecular flexibility index (Phi) is 4.53. The van der Waals surface area contributed by atoms with Gasteiger partial charge in [-0.25, -0.2) is 0 Å². The standard InChI is InChI=1S/C25H21NO2S3/c1-16-10-12-17(13-11-16)31(27,28)26-30-15-14-29-24-22-18-6-2-4-8-20(18)23(25(24)30)21-9-5-3-7-19(21)22/h2-15,22-25H,1H3. The van der Waals surface area contributed by atoms with Crippen LogP contribution in [0.25, 0.3) is 0 Å². The maximum Gasteiger partial charge on any atom is 0.288 e. The van der Waals surface area contributed by atoms with Crippen molar-refractivity contribution < 1.29 is 8.42 Å². The first-order valence-corrected chi connectivity index (χ1v) is 14.0. The highest BCUT2D eigenvalue weighted by Gasteiger charge is 2.52. The lowest BCUT2D eigenvalue weighted by Gasteiger charge is -2.51. The third kappa shape index (κ3) is 2.99. The minimum absolute atomic E-state index is 0.144. The van der Waals surface area contributed by atoms with Gasteiger partial charge in [0.25, 0.3) is 10.0 Å². The van der Waals surface area contributed by atoms with Crippen molar-refractivity contribution in [3.05, 3.63) is 111 Å². The zero-order chi connectivity index (χ0) is 21.2. The highest BCUT2D eigenvalue weighted by molar-refractivity contribution is 8.07. The molecule has 6 heteroatoms. The zero-order valence-corrected chi connectivity index (χ0v) is 19.3. The molecule has 3 nitrogen and oxygen atoms in total. The van der Waals surface area contributed by atoms with Crippen LogP contribution in [-0.4, -0.2) is 18.9 Å². The number of hydrogen-bond acceptors (Lipinski definition) is 3. The van der Waals surface area contributed by atoms with Gasteiger partial charge in [0.15, 0.2) is 0 Å². The predicted octanol–water partition coefficient (Wildman–Crippen LogP) is 5.73. The third-order valence-electron chi connectivity index (χ3n) is 6.53. The molecule has 3 atom stereocenters. The molecule has 3 aromatic carbocycles. The molecule has 3 aromatic rings. The summed E-state index contributed by atoms with van der Waals surface area (Å²) in [6.07, 6.45) is 0. The van der Waals surface area contributed by atoms with Crippen LogP contribution in [0.3, 0.4) is 0 Å². The average molecular weight is 464 g/mol. The highest BCUT2D eigenvalue weighted by Crippen LogP contribution is 2.59. The van der Waals surface area contributed by atoms with Crippen LogP contribution in [0, 0.1) is 6.92 Å². The Morgan fingerprint density at radius 3 is 1.94 bits per heavy atom. The molecule has 0 spiro atoms. The molecule has 0 amide bonds. The van der Waals surface area contributed by atoms with Gasteiger partial charge in [0, 0.05) is 22.3 Å². The van der Waals surface area contributed by atoms with Crippen molar-refractivity contribution in [3.8, 4) is 0 Å². The molecule has 0 saturated heterocycles. The Morgan fingerprint density at radius 2 is 1.35 bits per heavy atom. The molecule has 0 saturated carbocycles. The number of thioether (sulfide) groups is 1. The quantitative estimate of drug-likeness (QED) is 0.487. The lowest BCUT2D eigenvalue weighted by molar-refractivity contribution is 0.546. The number of aryl methyl sites for hydroxylation is 1. The van der Waals surface area contributed by atoms with E-state index < -0.39 is 20.7 Å². The number of nitrogens with zero attached hydrogens (tertiary/aromatic N) is 1. The van der Waals surface area contributed by atoms with Crippen LogP contribution in [-0.2, 0) is 20.7 Å². The number of hydrogen-bond donors (Lipinski definition) is 0. The van der Waals surface area contributed by atoms with E-state index in [0.717, 1.165) is 5.56 Å². The van der Waals surface area contributed by atoms with Crippen LogP contribution in [0.1, 0.15) is 39.7 Å². The summed E-state index contributed by atoms with van der Waals surface area (Å²) in [5, 5.41) is 4.53. The summed E-state index contributed by atoms with van der Waals surface area (Å²) < 4.78 is 30.9. The summed E-state index contributed by atoms with van der Waals surface area (Å²) in [5.41, 5.74) is 6.49. The molecule has 3 unspecified atom stereocenters. The van der Waals surface area contributed by atoms with Crippen LogP contribution in [0.5, 0.6) is 0 Å². The smallest absolute Gasteiger partial charge is 0.199 e. The lowest BCUT2D eigenvalue weighted by atomic mass is 9.63. The molecule has 1 aliphatic heterocycles. The molecule has 31 heavy (non-hydrogen) atoms. The summed E-state index contributed by atoms with van der Waals surface area (Å²) in [7, 11) is -4.44. The monoisotopic (exact) mass is 463 g/mol. The van der Waals surface area contributed by atoms with Crippen molar-refractivity contribution in [3.63, 3.8) is 0 Å². The van der Waals surface area contributed by atoms with Gasteiger partial charge in [-0.1, -0.05) is 76.9 Å². The fourth-order valence-corrected chi connectivity index (χ4v) is 10.9. The van der Waals surface area contributed by atoms with Crippen molar-refractivity contribution in [2.24, 2.45) is 3.77 Å². The first kappa shape index (κ1) is 19.5. The second kappa shape index (κ2) is 7.19. The summed E-state index contributed by atoms with van der Waals surface area (Å²) in [4.78, 5) is 0.274. The topological polar surface area (TPSA) is 46.5 Å². The molecule has 156 valence electrons. The van der Waals surface area contributed by atoms with Gasteiger partial charge in [-0.2, -0.15) is 8.42 Å². The number of rotatable bonds is 2. The lowest BCUT2D eigenvalue weighted by Crippen LogP contribution is -2.48. The van der Waals surface area contributed by atoms with Crippen molar-refractivity contribution in [2.75, 3.05) is 0 Å². The van der Waals surface area contributed by atoms with Crippen molar-refractivity contribution >= 4 is 32.5 Å². The molecular weight excluding hydrogens is 442 g/mol. The Bertz CT molecular complexity index is 1310. The Morgan fingerprint density at radius 1 is 0.806 bits per heavy atom. The van der Waals surface area contributed by atoms with Gasteiger partial charge >= 0.3 is 0 Å². The highest BCUT2D eigenvalue weighted by atomic mass is 32.3. The van der Waals surface area contributed by atoms with E-state index in [-0.39, 0.29) is 22.0 Å². The van der Waals surface area contributed by atoms with Crippen LogP contribution in [0.15, 0.2) is 92.3 Å². The van der Waals surface area contributed by atoms with Gasteiger partial charge < -0.3 is 0 Å². The Labute approximate surface area is 189 Å². The summed E-state index contributed by atoms with van der Waals surface area (Å²) in [6.45, 7) is 1.95. The van der Waals surface area contributed by atoms with Gasteiger partial charge in [0.2, 0.25) is 0 Å². The molecular formula is C25H21NO2S3. The van der Waals surface area contributed by atoms with Crippen LogP contribution >= 0.6 is 11.8 Å². The van der Waals surface area contributed by atoms with Gasteiger partial charge in [0.05, 0.1) is 4.90 Å². The molecule has 3 aliphatic carbocycles. The van der Waals surface area contributed by atoms with Crippen LogP contribution in [0.4, 0.5) is 0 Å². The Balaban J connectivity index is 1.53. The van der Waals surface area contributed by atoms with Crippen molar-refractivity contribution in [1.82, 2.24) is 0 Å². The summed E-state index contributed by atoms with van der Waals surface area (Å²) in [5.74, 6) is 0.435. The van der Waals surface area contributed by atoms with Gasteiger partial charge in [-0.3, -0.25) is 0 Å². The molecule has 1 heterocycles. The fourth-order valence-electron chi connectivity index (χ4n) is 5.22. The number of sulfonamides is 1. The van der Waals surface area contributed by atoms with Crippen LogP contribution in [0.2, 0.25) is 0 Å². The maximum atomic E-state index is 13.2. The first-order valence-electron chi connectivity index (χ1n) is 10.3. The largest absolute Gasteiger partial charge is 0.288 e. The molecule has 2 bridgehead atoms. The van der Waals surface area contributed by atoms with E-state index in [9.17, 15) is 8.42 Å². The molecule has 0 radical (unpaired) electrons. The van der Waals surface area contributed by atoms with Crippen molar-refractivity contribution in [1.29, 1.82) is 0 Å². The molecule has 0 N–H and O–H groups in total. The summed E-state index contributed by atoms with van der Waals surface area (Å²) in [6, 6.07) is 24.3. The van der Waals surface area contributed by atoms with E-state index in [2.05, 4.69) is 57.7 Å². The van der Waals surface area contributed by atoms with E-state index in [1.165, 1.54) is 22.3 Å². The molecule has 0 fully saturated rings. The minimum atomic E-state index is -3.72. The van der Waals surface area contributed by atoms with Gasteiger partial charge in [-0.05, 0) is 52.1 Å². The second-order valence-corrected chi connectivity index (χ2v) is 12.9. The number of benzene rings is 3. The molecule has 7 rings (SSSR count). The van der Waals surface area contributed by atoms with Crippen LogP contribution < -0.4 is 0 Å². The Hall–Kier alpha value is -2.15. The van der Waals surface area contributed by atoms with Gasteiger partial charge in [0.1, 0.15) is 0 Å². The average Bonchev–Trinajstić information content (AvgIpc) is 2.79. The first-order chi connectivity index (χ1) is 15.0. The molecule has 0 aromatic heterocycles. The van der Waals surface area contributed by atoms with Crippen molar-refractivity contribution in [2.45, 2.75) is 34.2 Å².